The lowest BCUT2D eigenvalue weighted by atomic mass is 10.1. The first-order chi connectivity index (χ1) is 7.50. The van der Waals surface area contributed by atoms with Gasteiger partial charge in [-0.05, 0) is 18.2 Å². The standard InChI is InChI=1S/C10H7NO5/c12-9(5-6-10(13)14)7-1-3-8(4-2-7)11(15)16/h1-6H,(H,13,14). The average Bonchev–Trinajstić information content (AvgIpc) is 2.26. The minimum absolute atomic E-state index is 0.126. The Morgan fingerprint density at radius 1 is 1.19 bits per heavy atom. The van der Waals surface area contributed by atoms with Gasteiger partial charge in [-0.2, -0.15) is 0 Å². The van der Waals surface area contributed by atoms with Crippen LogP contribution in [-0.4, -0.2) is 21.8 Å². The van der Waals surface area contributed by atoms with E-state index in [0.29, 0.717) is 6.08 Å². The van der Waals surface area contributed by atoms with Crippen LogP contribution in [0.3, 0.4) is 0 Å². The maximum Gasteiger partial charge on any atom is 0.328 e. The fraction of sp³-hybridized carbons (Fsp3) is 0. The van der Waals surface area contributed by atoms with Gasteiger partial charge in [0, 0.05) is 23.8 Å². The summed E-state index contributed by atoms with van der Waals surface area (Å²) in [4.78, 5) is 31.2. The number of benzene rings is 1. The molecular weight excluding hydrogens is 214 g/mol. The first-order valence-corrected chi connectivity index (χ1v) is 4.20. The molecule has 1 N–H and O–H groups in total. The molecule has 0 atom stereocenters. The SMILES string of the molecule is O=C(O)C=CC(=O)c1ccc([N+](=O)[O-])cc1. The van der Waals surface area contributed by atoms with Crippen LogP contribution in [0.5, 0.6) is 0 Å². The molecule has 6 nitrogen and oxygen atoms in total. The van der Waals surface area contributed by atoms with Gasteiger partial charge in [0.15, 0.2) is 5.78 Å². The Bertz CT molecular complexity index is 461. The van der Waals surface area contributed by atoms with Crippen LogP contribution in [0.4, 0.5) is 5.69 Å². The number of hydrogen-bond donors (Lipinski definition) is 1. The molecule has 82 valence electrons. The number of carbonyl (C=O) groups is 2. The van der Waals surface area contributed by atoms with Crippen LogP contribution in [-0.2, 0) is 4.79 Å². The molecule has 0 saturated carbocycles. The highest BCUT2D eigenvalue weighted by molar-refractivity contribution is 6.06. The van der Waals surface area contributed by atoms with Gasteiger partial charge in [-0.3, -0.25) is 14.9 Å². The maximum absolute atomic E-state index is 11.3. The molecule has 0 aliphatic rings. The van der Waals surface area contributed by atoms with Crippen molar-refractivity contribution in [3.8, 4) is 0 Å². The number of carboxylic acids is 1. The number of carboxylic acid groups (broad SMARTS) is 1. The minimum atomic E-state index is -1.23. The van der Waals surface area contributed by atoms with E-state index in [1.807, 2.05) is 0 Å². The van der Waals surface area contributed by atoms with Crippen LogP contribution in [0.25, 0.3) is 0 Å². The first-order valence-electron chi connectivity index (χ1n) is 4.20. The zero-order valence-corrected chi connectivity index (χ0v) is 7.99. The summed E-state index contributed by atoms with van der Waals surface area (Å²) in [6.45, 7) is 0. The Hall–Kier alpha value is -2.50. The lowest BCUT2D eigenvalue weighted by molar-refractivity contribution is -0.384. The molecule has 0 aliphatic carbocycles. The van der Waals surface area contributed by atoms with E-state index in [-0.39, 0.29) is 11.3 Å². The van der Waals surface area contributed by atoms with E-state index in [1.165, 1.54) is 24.3 Å². The average molecular weight is 221 g/mol. The molecule has 0 aliphatic heterocycles. The molecule has 0 unspecified atom stereocenters. The minimum Gasteiger partial charge on any atom is -0.478 e. The van der Waals surface area contributed by atoms with Crippen LogP contribution >= 0.6 is 0 Å². The van der Waals surface area contributed by atoms with Crippen LogP contribution in [0, 0.1) is 10.1 Å². The second-order valence-electron chi connectivity index (χ2n) is 2.84. The van der Waals surface area contributed by atoms with Gasteiger partial charge in [0.1, 0.15) is 0 Å². The predicted octanol–water partition coefficient (Wildman–Crippen LogP) is 1.42. The summed E-state index contributed by atoms with van der Waals surface area (Å²) in [6, 6.07) is 4.91. The number of rotatable bonds is 4. The topological polar surface area (TPSA) is 97.5 Å². The molecular formula is C10H7NO5. The van der Waals surface area contributed by atoms with Gasteiger partial charge >= 0.3 is 5.97 Å². The number of hydrogen-bond acceptors (Lipinski definition) is 4. The van der Waals surface area contributed by atoms with E-state index in [2.05, 4.69) is 0 Å². The number of nitrogens with zero attached hydrogens (tertiary/aromatic N) is 1. The monoisotopic (exact) mass is 221 g/mol. The smallest absolute Gasteiger partial charge is 0.328 e. The zero-order chi connectivity index (χ0) is 12.1. The van der Waals surface area contributed by atoms with Crippen LogP contribution in [0.2, 0.25) is 0 Å². The third-order valence-corrected chi connectivity index (χ3v) is 1.74. The molecule has 0 fully saturated rings. The van der Waals surface area contributed by atoms with E-state index in [1.54, 1.807) is 0 Å². The van der Waals surface area contributed by atoms with Gasteiger partial charge in [-0.15, -0.1) is 0 Å². The molecule has 0 amide bonds. The molecule has 0 bridgehead atoms. The molecule has 0 radical (unpaired) electrons. The molecule has 16 heavy (non-hydrogen) atoms. The fourth-order valence-electron chi connectivity index (χ4n) is 0.991. The number of carbonyl (C=O) groups excluding carboxylic acids is 1. The highest BCUT2D eigenvalue weighted by Crippen LogP contribution is 2.12. The van der Waals surface area contributed by atoms with Crippen molar-refractivity contribution in [3.05, 3.63) is 52.1 Å². The van der Waals surface area contributed by atoms with E-state index >= 15 is 0 Å². The summed E-state index contributed by atoms with van der Waals surface area (Å²) in [6.07, 6.45) is 1.60. The number of aliphatic carboxylic acids is 1. The van der Waals surface area contributed by atoms with Crippen molar-refractivity contribution < 1.29 is 19.6 Å². The molecule has 0 spiro atoms. The van der Waals surface area contributed by atoms with Crippen molar-refractivity contribution in [3.63, 3.8) is 0 Å². The normalized spacial score (nSPS) is 10.2. The molecule has 0 saturated heterocycles. The van der Waals surface area contributed by atoms with Gasteiger partial charge in [-0.1, -0.05) is 0 Å². The van der Waals surface area contributed by atoms with Crippen molar-refractivity contribution in [1.29, 1.82) is 0 Å². The predicted molar refractivity (Wildman–Crippen MR) is 54.2 cm³/mol. The molecule has 1 aromatic rings. The van der Waals surface area contributed by atoms with E-state index in [0.717, 1.165) is 6.08 Å². The van der Waals surface area contributed by atoms with Gasteiger partial charge in [0.25, 0.3) is 5.69 Å². The van der Waals surface area contributed by atoms with Crippen molar-refractivity contribution in [2.24, 2.45) is 0 Å². The van der Waals surface area contributed by atoms with Crippen molar-refractivity contribution in [1.82, 2.24) is 0 Å². The number of allylic oxidation sites excluding steroid dienone is 1. The lowest BCUT2D eigenvalue weighted by Gasteiger charge is -1.94. The van der Waals surface area contributed by atoms with Gasteiger partial charge < -0.3 is 5.11 Å². The second-order valence-corrected chi connectivity index (χ2v) is 2.84. The summed E-state index contributed by atoms with van der Waals surface area (Å²) in [5.41, 5.74) is 0.0712. The van der Waals surface area contributed by atoms with Crippen LogP contribution in [0.1, 0.15) is 10.4 Å². The zero-order valence-electron chi connectivity index (χ0n) is 7.99. The molecule has 6 heteroatoms. The fourth-order valence-corrected chi connectivity index (χ4v) is 0.991. The lowest BCUT2D eigenvalue weighted by Crippen LogP contribution is -1.97. The van der Waals surface area contributed by atoms with Crippen molar-refractivity contribution in [2.75, 3.05) is 0 Å². The Labute approximate surface area is 90.0 Å². The molecule has 0 aromatic heterocycles. The van der Waals surface area contributed by atoms with Gasteiger partial charge in [0.2, 0.25) is 0 Å². The third-order valence-electron chi connectivity index (χ3n) is 1.74. The number of nitro benzene ring substituents is 1. The van der Waals surface area contributed by atoms with Crippen molar-refractivity contribution in [2.45, 2.75) is 0 Å². The Morgan fingerprint density at radius 2 is 1.75 bits per heavy atom. The quantitative estimate of drug-likeness (QED) is 0.359. The molecule has 1 rings (SSSR count). The Balaban J connectivity index is 2.86. The van der Waals surface area contributed by atoms with Gasteiger partial charge in [0.05, 0.1) is 4.92 Å². The third kappa shape index (κ3) is 3.02. The summed E-state index contributed by atoms with van der Waals surface area (Å²) in [5.74, 6) is -1.74. The number of nitro groups is 1. The molecule has 0 heterocycles. The van der Waals surface area contributed by atoms with Crippen LogP contribution < -0.4 is 0 Å². The Kier molecular flexibility index (Phi) is 3.49. The highest BCUT2D eigenvalue weighted by atomic mass is 16.6. The summed E-state index contributed by atoms with van der Waals surface area (Å²) < 4.78 is 0. The molecule has 1 aromatic carbocycles. The summed E-state index contributed by atoms with van der Waals surface area (Å²) >= 11 is 0. The van der Waals surface area contributed by atoms with Gasteiger partial charge in [-0.25, -0.2) is 4.79 Å². The maximum atomic E-state index is 11.3. The van der Waals surface area contributed by atoms with E-state index < -0.39 is 16.7 Å². The van der Waals surface area contributed by atoms with E-state index in [4.69, 9.17) is 5.11 Å². The van der Waals surface area contributed by atoms with Crippen molar-refractivity contribution >= 4 is 17.4 Å². The Morgan fingerprint density at radius 3 is 2.19 bits per heavy atom. The summed E-state index contributed by atoms with van der Waals surface area (Å²) in [5, 5.41) is 18.6. The second kappa shape index (κ2) is 4.83. The van der Waals surface area contributed by atoms with Crippen LogP contribution in [0.15, 0.2) is 36.4 Å². The number of non-ortho nitro benzene ring substituents is 1. The highest BCUT2D eigenvalue weighted by Gasteiger charge is 2.07. The summed E-state index contributed by atoms with van der Waals surface area (Å²) in [7, 11) is 0. The van der Waals surface area contributed by atoms with E-state index in [9.17, 15) is 19.7 Å². The number of ketones is 1. The first kappa shape index (κ1) is 11.6. The largest absolute Gasteiger partial charge is 0.478 e.